The van der Waals surface area contributed by atoms with Gasteiger partial charge in [-0.3, -0.25) is 14.6 Å². The van der Waals surface area contributed by atoms with Crippen molar-refractivity contribution in [1.82, 2.24) is 0 Å². The van der Waals surface area contributed by atoms with Gasteiger partial charge in [0.05, 0.1) is 20.8 Å². The van der Waals surface area contributed by atoms with Crippen molar-refractivity contribution in [3.63, 3.8) is 0 Å². The minimum Gasteiger partial charge on any atom is -0.493 e. The SMILES string of the molecule is CCCCOC(=O)C1C(C)=NC2=C(C(=O)CCC2)[C@@H]1c1ccc(OC)c(OC)c1. The lowest BCUT2D eigenvalue weighted by Gasteiger charge is -2.34. The van der Waals surface area contributed by atoms with Gasteiger partial charge in [0, 0.05) is 29.3 Å². The molecule has 29 heavy (non-hydrogen) atoms. The topological polar surface area (TPSA) is 74.2 Å². The fourth-order valence-electron chi connectivity index (χ4n) is 4.12. The lowest BCUT2D eigenvalue weighted by molar-refractivity contribution is -0.146. The summed E-state index contributed by atoms with van der Waals surface area (Å²) < 4.78 is 16.4. The Kier molecular flexibility index (Phi) is 6.72. The third-order valence-corrected chi connectivity index (χ3v) is 5.60. The molecule has 1 aliphatic heterocycles. The van der Waals surface area contributed by atoms with Crippen molar-refractivity contribution in [2.75, 3.05) is 20.8 Å². The number of rotatable bonds is 7. The highest BCUT2D eigenvalue weighted by Crippen LogP contribution is 2.45. The van der Waals surface area contributed by atoms with Crippen LogP contribution in [0.4, 0.5) is 0 Å². The summed E-state index contributed by atoms with van der Waals surface area (Å²) >= 11 is 0. The van der Waals surface area contributed by atoms with Crippen LogP contribution in [0.25, 0.3) is 0 Å². The maximum Gasteiger partial charge on any atom is 0.315 e. The van der Waals surface area contributed by atoms with Crippen LogP contribution in [0.3, 0.4) is 0 Å². The van der Waals surface area contributed by atoms with E-state index in [2.05, 4.69) is 4.99 Å². The second kappa shape index (κ2) is 9.25. The molecule has 0 N–H and O–H groups in total. The normalized spacial score (nSPS) is 21.4. The molecule has 1 aromatic rings. The molecule has 0 amide bonds. The fourth-order valence-corrected chi connectivity index (χ4v) is 4.12. The number of methoxy groups -OCH3 is 2. The summed E-state index contributed by atoms with van der Waals surface area (Å²) in [6, 6.07) is 5.55. The van der Waals surface area contributed by atoms with Crippen molar-refractivity contribution in [2.24, 2.45) is 10.9 Å². The largest absolute Gasteiger partial charge is 0.493 e. The third kappa shape index (κ3) is 4.21. The van der Waals surface area contributed by atoms with Crippen LogP contribution in [0.5, 0.6) is 11.5 Å². The molecule has 0 radical (unpaired) electrons. The van der Waals surface area contributed by atoms with Crippen LogP contribution in [-0.2, 0) is 14.3 Å². The Bertz CT molecular complexity index is 855. The van der Waals surface area contributed by atoms with E-state index >= 15 is 0 Å². The molecule has 1 unspecified atom stereocenters. The molecule has 2 atom stereocenters. The lowest BCUT2D eigenvalue weighted by Crippen LogP contribution is -2.37. The molecular formula is C23H29NO5. The van der Waals surface area contributed by atoms with E-state index < -0.39 is 11.8 Å². The first-order chi connectivity index (χ1) is 14.0. The van der Waals surface area contributed by atoms with Crippen LogP contribution in [0.1, 0.15) is 57.4 Å². The van der Waals surface area contributed by atoms with Gasteiger partial charge in [-0.2, -0.15) is 0 Å². The first-order valence-electron chi connectivity index (χ1n) is 10.2. The molecule has 0 spiro atoms. The fraction of sp³-hybridized carbons (Fsp3) is 0.522. The van der Waals surface area contributed by atoms with E-state index in [1.54, 1.807) is 14.2 Å². The molecule has 3 rings (SSSR count). The number of carbonyl (C=O) groups excluding carboxylic acids is 2. The zero-order valence-corrected chi connectivity index (χ0v) is 17.6. The van der Waals surface area contributed by atoms with Crippen molar-refractivity contribution in [3.8, 4) is 11.5 Å². The van der Waals surface area contributed by atoms with Gasteiger partial charge in [0.1, 0.15) is 5.92 Å². The highest BCUT2D eigenvalue weighted by atomic mass is 16.5. The highest BCUT2D eigenvalue weighted by molar-refractivity contribution is 6.08. The Morgan fingerprint density at radius 2 is 1.93 bits per heavy atom. The first-order valence-corrected chi connectivity index (χ1v) is 10.2. The number of hydrogen-bond donors (Lipinski definition) is 0. The zero-order valence-electron chi connectivity index (χ0n) is 17.6. The van der Waals surface area contributed by atoms with Crippen molar-refractivity contribution in [1.29, 1.82) is 0 Å². The molecule has 0 bridgehead atoms. The highest BCUT2D eigenvalue weighted by Gasteiger charge is 2.43. The third-order valence-electron chi connectivity index (χ3n) is 5.60. The molecule has 0 aromatic heterocycles. The van der Waals surface area contributed by atoms with Crippen LogP contribution in [0, 0.1) is 5.92 Å². The number of allylic oxidation sites excluding steroid dienone is 2. The van der Waals surface area contributed by atoms with Gasteiger partial charge in [-0.1, -0.05) is 19.4 Å². The number of benzene rings is 1. The van der Waals surface area contributed by atoms with Gasteiger partial charge in [-0.15, -0.1) is 0 Å². The zero-order chi connectivity index (χ0) is 21.0. The molecular weight excluding hydrogens is 370 g/mol. The van der Waals surface area contributed by atoms with Gasteiger partial charge in [0.15, 0.2) is 17.3 Å². The number of unbranched alkanes of at least 4 members (excludes halogenated alkanes) is 1. The Balaban J connectivity index is 2.08. The van der Waals surface area contributed by atoms with E-state index in [1.165, 1.54) is 0 Å². The molecule has 0 saturated carbocycles. The summed E-state index contributed by atoms with van der Waals surface area (Å²) in [5.41, 5.74) is 2.97. The Morgan fingerprint density at radius 3 is 2.62 bits per heavy atom. The summed E-state index contributed by atoms with van der Waals surface area (Å²) in [7, 11) is 3.15. The molecule has 1 heterocycles. The van der Waals surface area contributed by atoms with Crippen LogP contribution < -0.4 is 9.47 Å². The van der Waals surface area contributed by atoms with Crippen molar-refractivity contribution < 1.29 is 23.8 Å². The minimum atomic E-state index is -0.620. The van der Waals surface area contributed by atoms with Gasteiger partial charge in [-0.25, -0.2) is 0 Å². The number of aliphatic imine (C=N–C) groups is 1. The van der Waals surface area contributed by atoms with E-state index in [4.69, 9.17) is 14.2 Å². The first kappa shape index (κ1) is 21.1. The predicted octanol–water partition coefficient (Wildman–Crippen LogP) is 4.23. The number of hydrogen-bond acceptors (Lipinski definition) is 6. The van der Waals surface area contributed by atoms with Gasteiger partial charge in [0.25, 0.3) is 0 Å². The maximum atomic E-state index is 13.0. The lowest BCUT2D eigenvalue weighted by atomic mass is 9.71. The van der Waals surface area contributed by atoms with E-state index in [0.717, 1.165) is 36.9 Å². The summed E-state index contributed by atoms with van der Waals surface area (Å²) in [6.07, 6.45) is 3.77. The monoisotopic (exact) mass is 399 g/mol. The van der Waals surface area contributed by atoms with Crippen LogP contribution >= 0.6 is 0 Å². The molecule has 6 heteroatoms. The standard InChI is InChI=1S/C23H29NO5/c1-5-6-12-29-23(26)20-14(2)24-16-8-7-9-17(25)22(16)21(20)15-10-11-18(27-3)19(13-15)28-4/h10-11,13,20-21H,5-9,12H2,1-4H3/t20?,21-/m1/s1. The van der Waals surface area contributed by atoms with Crippen LogP contribution in [0.15, 0.2) is 34.5 Å². The van der Waals surface area contributed by atoms with E-state index in [9.17, 15) is 9.59 Å². The average Bonchev–Trinajstić information content (AvgIpc) is 2.72. The number of esters is 1. The predicted molar refractivity (Wildman–Crippen MR) is 111 cm³/mol. The number of ether oxygens (including phenoxy) is 3. The number of carbonyl (C=O) groups is 2. The molecule has 156 valence electrons. The maximum absolute atomic E-state index is 13.0. The summed E-state index contributed by atoms with van der Waals surface area (Å²) in [4.78, 5) is 30.6. The Hall–Kier alpha value is -2.63. The second-order valence-corrected chi connectivity index (χ2v) is 7.48. The minimum absolute atomic E-state index is 0.0636. The molecule has 1 aromatic carbocycles. The number of Topliss-reactive ketones (excluding diaryl/α,β-unsaturated/α-hetero) is 1. The van der Waals surface area contributed by atoms with Crippen molar-refractivity contribution in [2.45, 2.75) is 51.9 Å². The van der Waals surface area contributed by atoms with Gasteiger partial charge in [0.2, 0.25) is 0 Å². The summed E-state index contributed by atoms with van der Waals surface area (Å²) in [6.45, 7) is 4.27. The van der Waals surface area contributed by atoms with Gasteiger partial charge in [-0.05, 0) is 43.9 Å². The quantitative estimate of drug-likeness (QED) is 0.507. The Labute approximate surface area is 171 Å². The second-order valence-electron chi connectivity index (χ2n) is 7.48. The summed E-state index contributed by atoms with van der Waals surface area (Å²) in [5, 5.41) is 0. The number of ketones is 1. The van der Waals surface area contributed by atoms with Crippen molar-refractivity contribution in [3.05, 3.63) is 35.0 Å². The van der Waals surface area contributed by atoms with Gasteiger partial charge < -0.3 is 14.2 Å². The average molecular weight is 399 g/mol. The molecule has 1 aliphatic carbocycles. The molecule has 2 aliphatic rings. The Morgan fingerprint density at radius 1 is 1.17 bits per heavy atom. The van der Waals surface area contributed by atoms with Crippen LogP contribution in [-0.4, -0.2) is 38.3 Å². The van der Waals surface area contributed by atoms with E-state index in [1.807, 2.05) is 32.0 Å². The van der Waals surface area contributed by atoms with E-state index in [0.29, 0.717) is 35.8 Å². The molecule has 6 nitrogen and oxygen atoms in total. The molecule has 0 fully saturated rings. The molecule has 0 saturated heterocycles. The van der Waals surface area contributed by atoms with Gasteiger partial charge >= 0.3 is 5.97 Å². The smallest absolute Gasteiger partial charge is 0.315 e. The van der Waals surface area contributed by atoms with Crippen LogP contribution in [0.2, 0.25) is 0 Å². The van der Waals surface area contributed by atoms with E-state index in [-0.39, 0.29) is 11.8 Å². The van der Waals surface area contributed by atoms with Crippen molar-refractivity contribution >= 4 is 17.5 Å². The summed E-state index contributed by atoms with van der Waals surface area (Å²) in [5.74, 6) is -0.148. The number of nitrogens with zero attached hydrogens (tertiary/aromatic N) is 1.